The van der Waals surface area contributed by atoms with Gasteiger partial charge in [-0.25, -0.2) is 9.97 Å². The number of amides is 1. The lowest BCUT2D eigenvalue weighted by atomic mass is 10.2. The number of rotatable bonds is 7. The van der Waals surface area contributed by atoms with Crippen LogP contribution in [0, 0.1) is 6.92 Å². The molecule has 0 aromatic carbocycles. The summed E-state index contributed by atoms with van der Waals surface area (Å²) in [5.41, 5.74) is 1.76. The molecule has 0 bridgehead atoms. The summed E-state index contributed by atoms with van der Waals surface area (Å²) in [6, 6.07) is 8.75. The second-order valence-electron chi connectivity index (χ2n) is 5.35. The fourth-order valence-corrected chi connectivity index (χ4v) is 2.18. The maximum Gasteiger partial charge on any atom is 0.275 e. The highest BCUT2D eigenvalue weighted by Gasteiger charge is 2.12. The van der Waals surface area contributed by atoms with Crippen molar-refractivity contribution < 1.29 is 9.53 Å². The Bertz CT molecular complexity index is 859. The largest absolute Gasteiger partial charge is 0.454 e. The quantitative estimate of drug-likeness (QED) is 0.613. The minimum Gasteiger partial charge on any atom is -0.454 e. The van der Waals surface area contributed by atoms with Gasteiger partial charge in [-0.1, -0.05) is 13.0 Å². The SMILES string of the molecule is C=NC=C(C=NC)Oc1cc(C)nc(C(=O)Nc2cccc(CC)n2)c1. The van der Waals surface area contributed by atoms with Gasteiger partial charge in [-0.15, -0.1) is 0 Å². The van der Waals surface area contributed by atoms with Crippen LogP contribution in [-0.2, 0) is 6.42 Å². The van der Waals surface area contributed by atoms with Crippen molar-refractivity contribution in [3.05, 3.63) is 59.4 Å². The van der Waals surface area contributed by atoms with E-state index >= 15 is 0 Å². The summed E-state index contributed by atoms with van der Waals surface area (Å²) in [5.74, 6) is 0.968. The standard InChI is InChI=1S/C19H21N5O2/c1-5-14-7-6-8-18(23-14)24-19(25)17-10-15(9-13(2)22-17)26-16(11-20-3)12-21-4/h6-12H,3,5H2,1-2,4H3,(H,23,24,25). The second kappa shape index (κ2) is 9.22. The fourth-order valence-electron chi connectivity index (χ4n) is 2.18. The normalized spacial score (nSPS) is 11.4. The molecular formula is C19H21N5O2. The van der Waals surface area contributed by atoms with E-state index in [-0.39, 0.29) is 11.6 Å². The Morgan fingerprint density at radius 1 is 1.35 bits per heavy atom. The van der Waals surface area contributed by atoms with Crippen LogP contribution in [0.1, 0.15) is 28.8 Å². The van der Waals surface area contributed by atoms with Crippen LogP contribution in [0.4, 0.5) is 5.82 Å². The van der Waals surface area contributed by atoms with Crippen LogP contribution in [-0.4, -0.2) is 35.9 Å². The number of pyridine rings is 2. The van der Waals surface area contributed by atoms with Crippen molar-refractivity contribution >= 4 is 24.7 Å². The van der Waals surface area contributed by atoms with Crippen molar-refractivity contribution in [2.45, 2.75) is 20.3 Å². The van der Waals surface area contributed by atoms with Gasteiger partial charge in [-0.3, -0.25) is 14.8 Å². The molecule has 134 valence electrons. The van der Waals surface area contributed by atoms with E-state index in [4.69, 9.17) is 4.74 Å². The van der Waals surface area contributed by atoms with E-state index in [1.807, 2.05) is 19.1 Å². The fraction of sp³-hybridized carbons (Fsp3) is 0.211. The number of nitrogens with zero attached hydrogens (tertiary/aromatic N) is 4. The number of aryl methyl sites for hydroxylation is 2. The Kier molecular flexibility index (Phi) is 6.73. The van der Waals surface area contributed by atoms with E-state index in [0.29, 0.717) is 23.0 Å². The molecule has 0 radical (unpaired) electrons. The lowest BCUT2D eigenvalue weighted by Crippen LogP contribution is -2.15. The summed E-state index contributed by atoms with van der Waals surface area (Å²) in [7, 11) is 1.62. The first-order valence-corrected chi connectivity index (χ1v) is 8.07. The maximum absolute atomic E-state index is 12.5. The van der Waals surface area contributed by atoms with Crippen molar-refractivity contribution in [2.24, 2.45) is 9.98 Å². The zero-order valence-electron chi connectivity index (χ0n) is 15.1. The van der Waals surface area contributed by atoms with E-state index < -0.39 is 0 Å². The van der Waals surface area contributed by atoms with E-state index in [1.54, 1.807) is 32.2 Å². The number of carbonyl (C=O) groups is 1. The van der Waals surface area contributed by atoms with Crippen LogP contribution in [0.5, 0.6) is 5.75 Å². The number of aromatic nitrogens is 2. The molecule has 2 aromatic rings. The number of allylic oxidation sites excluding steroid dienone is 1. The predicted octanol–water partition coefficient (Wildman–Crippen LogP) is 3.22. The van der Waals surface area contributed by atoms with Crippen molar-refractivity contribution in [3.8, 4) is 5.75 Å². The maximum atomic E-state index is 12.5. The lowest BCUT2D eigenvalue weighted by Gasteiger charge is -2.09. The third kappa shape index (κ3) is 5.34. The molecule has 7 heteroatoms. The average molecular weight is 351 g/mol. The summed E-state index contributed by atoms with van der Waals surface area (Å²) < 4.78 is 5.70. The van der Waals surface area contributed by atoms with Gasteiger partial charge in [0.25, 0.3) is 5.91 Å². The molecule has 0 atom stereocenters. The van der Waals surface area contributed by atoms with Gasteiger partial charge in [0.2, 0.25) is 0 Å². The number of aliphatic imine (C=N–C) groups is 2. The molecule has 2 aromatic heterocycles. The van der Waals surface area contributed by atoms with Crippen LogP contribution in [0.2, 0.25) is 0 Å². The third-order valence-corrected chi connectivity index (χ3v) is 3.28. The summed E-state index contributed by atoms with van der Waals surface area (Å²) in [6.45, 7) is 7.18. The van der Waals surface area contributed by atoms with Crippen LogP contribution in [0.25, 0.3) is 0 Å². The molecule has 1 N–H and O–H groups in total. The minimum absolute atomic E-state index is 0.225. The summed E-state index contributed by atoms with van der Waals surface area (Å²) >= 11 is 0. The Morgan fingerprint density at radius 3 is 2.85 bits per heavy atom. The van der Waals surface area contributed by atoms with Gasteiger partial charge in [0.05, 0.1) is 12.4 Å². The zero-order valence-corrected chi connectivity index (χ0v) is 15.1. The first-order chi connectivity index (χ1) is 12.5. The van der Waals surface area contributed by atoms with Crippen molar-refractivity contribution in [1.82, 2.24) is 9.97 Å². The minimum atomic E-state index is -0.365. The first kappa shape index (κ1) is 19.0. The molecule has 2 rings (SSSR count). The Hall–Kier alpha value is -3.35. The van der Waals surface area contributed by atoms with Gasteiger partial charge in [0.15, 0.2) is 5.76 Å². The van der Waals surface area contributed by atoms with E-state index in [1.165, 1.54) is 12.4 Å². The van der Waals surface area contributed by atoms with Crippen LogP contribution in [0.15, 0.2) is 52.3 Å². The van der Waals surface area contributed by atoms with Crippen LogP contribution >= 0.6 is 0 Å². The Labute approximate surface area is 152 Å². The highest BCUT2D eigenvalue weighted by molar-refractivity contribution is 6.02. The van der Waals surface area contributed by atoms with Gasteiger partial charge in [-0.2, -0.15) is 0 Å². The molecule has 0 saturated carbocycles. The topological polar surface area (TPSA) is 88.8 Å². The summed E-state index contributed by atoms with van der Waals surface area (Å²) in [4.78, 5) is 28.7. The molecule has 7 nitrogen and oxygen atoms in total. The van der Waals surface area contributed by atoms with E-state index in [2.05, 4.69) is 32.0 Å². The van der Waals surface area contributed by atoms with Gasteiger partial charge < -0.3 is 10.1 Å². The van der Waals surface area contributed by atoms with Gasteiger partial charge >= 0.3 is 0 Å². The van der Waals surface area contributed by atoms with Crippen molar-refractivity contribution in [3.63, 3.8) is 0 Å². The van der Waals surface area contributed by atoms with E-state index in [0.717, 1.165) is 12.1 Å². The Balaban J connectivity index is 2.23. The van der Waals surface area contributed by atoms with Gasteiger partial charge in [0.1, 0.15) is 17.3 Å². The van der Waals surface area contributed by atoms with Crippen molar-refractivity contribution in [1.29, 1.82) is 0 Å². The molecule has 2 heterocycles. The van der Waals surface area contributed by atoms with Crippen LogP contribution < -0.4 is 10.1 Å². The molecule has 0 aliphatic rings. The van der Waals surface area contributed by atoms with Gasteiger partial charge in [0, 0.05) is 30.6 Å². The van der Waals surface area contributed by atoms with Crippen LogP contribution in [0.3, 0.4) is 0 Å². The molecule has 0 unspecified atom stereocenters. The number of hydrogen-bond acceptors (Lipinski definition) is 6. The van der Waals surface area contributed by atoms with Gasteiger partial charge in [-0.05, 0) is 32.2 Å². The number of nitrogens with one attached hydrogen (secondary N) is 1. The number of anilines is 1. The number of carbonyl (C=O) groups excluding carboxylic acids is 1. The third-order valence-electron chi connectivity index (χ3n) is 3.28. The first-order valence-electron chi connectivity index (χ1n) is 8.07. The summed E-state index contributed by atoms with van der Waals surface area (Å²) in [6.07, 6.45) is 3.73. The Morgan fingerprint density at radius 2 is 2.15 bits per heavy atom. The number of hydrogen-bond donors (Lipinski definition) is 1. The highest BCUT2D eigenvalue weighted by atomic mass is 16.5. The highest BCUT2D eigenvalue weighted by Crippen LogP contribution is 2.18. The van der Waals surface area contributed by atoms with E-state index in [9.17, 15) is 4.79 Å². The predicted molar refractivity (Wildman–Crippen MR) is 103 cm³/mol. The average Bonchev–Trinajstić information content (AvgIpc) is 2.62. The van der Waals surface area contributed by atoms with Crippen molar-refractivity contribution in [2.75, 3.05) is 12.4 Å². The smallest absolute Gasteiger partial charge is 0.275 e. The molecule has 0 saturated heterocycles. The second-order valence-corrected chi connectivity index (χ2v) is 5.35. The zero-order chi connectivity index (χ0) is 18.9. The number of ether oxygens (including phenoxy) is 1. The molecular weight excluding hydrogens is 330 g/mol. The summed E-state index contributed by atoms with van der Waals surface area (Å²) in [5, 5.41) is 2.75. The molecule has 26 heavy (non-hydrogen) atoms. The molecule has 0 aliphatic heterocycles. The monoisotopic (exact) mass is 351 g/mol. The molecule has 0 aliphatic carbocycles. The molecule has 1 amide bonds. The molecule has 0 fully saturated rings. The lowest BCUT2D eigenvalue weighted by molar-refractivity contribution is 0.102. The molecule has 0 spiro atoms.